The molecule has 0 N–H and O–H groups in total. The number of para-hydroxylation sites is 2. The van der Waals surface area contributed by atoms with Crippen LogP contribution in [0.15, 0.2) is 119 Å². The SMILES string of the molecule is O=C1S/C(=C\c2ccc(Cl)cc2)C2(Oc3ccccc3C3CC(c4ccccc4)=NN32)N1c1ccccc1. The van der Waals surface area contributed by atoms with Gasteiger partial charge in [0.1, 0.15) is 5.75 Å². The first-order valence-corrected chi connectivity index (χ1v) is 13.6. The molecule has 7 heteroatoms. The number of amides is 1. The van der Waals surface area contributed by atoms with Gasteiger partial charge in [0.25, 0.3) is 5.24 Å². The zero-order chi connectivity index (χ0) is 25.7. The Hall–Kier alpha value is -4.00. The van der Waals surface area contributed by atoms with E-state index in [-0.39, 0.29) is 11.3 Å². The highest BCUT2D eigenvalue weighted by Crippen LogP contribution is 2.57. The minimum atomic E-state index is -1.29. The highest BCUT2D eigenvalue weighted by atomic mass is 35.5. The van der Waals surface area contributed by atoms with Gasteiger partial charge in [-0.05, 0) is 59.3 Å². The van der Waals surface area contributed by atoms with E-state index in [1.165, 1.54) is 11.8 Å². The average molecular weight is 536 g/mol. The maximum Gasteiger partial charge on any atom is 0.321 e. The summed E-state index contributed by atoms with van der Waals surface area (Å²) >= 11 is 7.33. The van der Waals surface area contributed by atoms with E-state index < -0.39 is 5.85 Å². The molecule has 1 amide bonds. The summed E-state index contributed by atoms with van der Waals surface area (Å²) in [6, 6.07) is 35.4. The molecule has 7 rings (SSSR count). The number of hydrazone groups is 1. The molecule has 2 atom stereocenters. The fourth-order valence-corrected chi connectivity index (χ4v) is 6.52. The summed E-state index contributed by atoms with van der Waals surface area (Å²) in [7, 11) is 0. The molecule has 0 aliphatic carbocycles. The number of benzene rings is 4. The van der Waals surface area contributed by atoms with Gasteiger partial charge >= 0.3 is 5.85 Å². The largest absolute Gasteiger partial charge is 0.443 e. The molecule has 3 heterocycles. The predicted octanol–water partition coefficient (Wildman–Crippen LogP) is 7.95. The van der Waals surface area contributed by atoms with E-state index in [9.17, 15) is 4.79 Å². The number of nitrogens with zero attached hydrogens (tertiary/aromatic N) is 3. The van der Waals surface area contributed by atoms with Crippen LogP contribution in [-0.2, 0) is 0 Å². The van der Waals surface area contributed by atoms with E-state index in [4.69, 9.17) is 21.4 Å². The minimum absolute atomic E-state index is 0.110. The van der Waals surface area contributed by atoms with Crippen LogP contribution < -0.4 is 9.64 Å². The Bertz CT molecular complexity index is 1590. The molecule has 3 aliphatic rings. The topological polar surface area (TPSA) is 45.1 Å². The number of ether oxygens (including phenoxy) is 1. The fourth-order valence-electron chi connectivity index (χ4n) is 5.33. The van der Waals surface area contributed by atoms with Gasteiger partial charge in [0, 0.05) is 17.0 Å². The Kier molecular flexibility index (Phi) is 5.53. The lowest BCUT2D eigenvalue weighted by Crippen LogP contribution is -2.63. The Morgan fingerprint density at radius 1 is 0.895 bits per heavy atom. The van der Waals surface area contributed by atoms with E-state index in [0.717, 1.165) is 38.7 Å². The van der Waals surface area contributed by atoms with Crippen LogP contribution in [-0.4, -0.2) is 21.8 Å². The number of fused-ring (bicyclic) bond motifs is 4. The van der Waals surface area contributed by atoms with Crippen molar-refractivity contribution in [2.75, 3.05) is 4.90 Å². The van der Waals surface area contributed by atoms with E-state index in [1.807, 2.05) is 102 Å². The summed E-state index contributed by atoms with van der Waals surface area (Å²) in [6.07, 6.45) is 2.70. The van der Waals surface area contributed by atoms with Gasteiger partial charge in [0.2, 0.25) is 0 Å². The second-order valence-electron chi connectivity index (χ2n) is 9.32. The van der Waals surface area contributed by atoms with Crippen LogP contribution in [0.5, 0.6) is 5.75 Å². The highest BCUT2D eigenvalue weighted by Gasteiger charge is 2.63. The first-order valence-electron chi connectivity index (χ1n) is 12.4. The standard InChI is InChI=1S/C31H22ClN3O2S/c32-23-17-15-21(16-18-23)19-29-31(34(30(36)38-29)24-11-5-2-6-12-24)35-27(25-13-7-8-14-28(25)37-31)20-26(33-35)22-9-3-1-4-10-22/h1-19,27H,20H2/b29-19-. The lowest BCUT2D eigenvalue weighted by Gasteiger charge is -2.49. The van der Waals surface area contributed by atoms with Crippen molar-refractivity contribution in [3.63, 3.8) is 0 Å². The number of rotatable bonds is 3. The van der Waals surface area contributed by atoms with Crippen LogP contribution in [0.25, 0.3) is 6.08 Å². The predicted molar refractivity (Wildman–Crippen MR) is 153 cm³/mol. The third kappa shape index (κ3) is 3.63. The molecule has 4 aromatic rings. The number of hydrogen-bond donors (Lipinski definition) is 0. The molecule has 1 saturated heterocycles. The number of carbonyl (C=O) groups excluding carboxylic acids is 1. The molecule has 0 bridgehead atoms. The number of carbonyl (C=O) groups is 1. The Morgan fingerprint density at radius 2 is 1.58 bits per heavy atom. The van der Waals surface area contributed by atoms with Crippen molar-refractivity contribution < 1.29 is 9.53 Å². The van der Waals surface area contributed by atoms with Crippen molar-refractivity contribution in [1.82, 2.24) is 5.01 Å². The first-order chi connectivity index (χ1) is 18.6. The Balaban J connectivity index is 1.48. The number of thioether (sulfide) groups is 1. The van der Waals surface area contributed by atoms with E-state index in [1.54, 1.807) is 4.90 Å². The zero-order valence-corrected chi connectivity index (χ0v) is 21.8. The molecule has 5 nitrogen and oxygen atoms in total. The summed E-state index contributed by atoms with van der Waals surface area (Å²) in [4.78, 5) is 16.3. The molecule has 186 valence electrons. The maximum atomic E-state index is 13.8. The van der Waals surface area contributed by atoms with Crippen molar-refractivity contribution in [3.8, 4) is 5.75 Å². The molecular weight excluding hydrogens is 514 g/mol. The van der Waals surface area contributed by atoms with Gasteiger partial charge in [-0.15, -0.1) is 0 Å². The summed E-state index contributed by atoms with van der Waals surface area (Å²) < 4.78 is 6.93. The van der Waals surface area contributed by atoms with Gasteiger partial charge in [-0.25, -0.2) is 9.91 Å². The maximum absolute atomic E-state index is 13.8. The average Bonchev–Trinajstić information content (AvgIpc) is 3.52. The van der Waals surface area contributed by atoms with E-state index >= 15 is 0 Å². The van der Waals surface area contributed by atoms with Crippen molar-refractivity contribution in [2.45, 2.75) is 18.3 Å². The monoisotopic (exact) mass is 535 g/mol. The van der Waals surface area contributed by atoms with Crippen LogP contribution in [0.2, 0.25) is 5.02 Å². The van der Waals surface area contributed by atoms with Crippen LogP contribution in [0.4, 0.5) is 10.5 Å². The molecule has 0 radical (unpaired) electrons. The van der Waals surface area contributed by atoms with Crippen LogP contribution >= 0.6 is 23.4 Å². The normalized spacial score (nSPS) is 22.9. The summed E-state index contributed by atoms with van der Waals surface area (Å²) in [6.45, 7) is 0. The molecule has 0 aromatic heterocycles. The molecule has 3 aliphatic heterocycles. The van der Waals surface area contributed by atoms with Crippen molar-refractivity contribution in [2.24, 2.45) is 5.10 Å². The summed E-state index contributed by atoms with van der Waals surface area (Å²) in [5, 5.41) is 7.70. The third-order valence-electron chi connectivity index (χ3n) is 7.04. The number of anilines is 1. The molecule has 0 saturated carbocycles. The lowest BCUT2D eigenvalue weighted by atomic mass is 9.95. The van der Waals surface area contributed by atoms with Gasteiger partial charge < -0.3 is 4.74 Å². The molecule has 2 unspecified atom stereocenters. The first kappa shape index (κ1) is 23.1. The van der Waals surface area contributed by atoms with Crippen molar-refractivity contribution >= 4 is 46.1 Å². The molecule has 38 heavy (non-hydrogen) atoms. The Morgan fingerprint density at radius 3 is 2.34 bits per heavy atom. The fraction of sp³-hybridized carbons (Fsp3) is 0.0968. The second-order valence-corrected chi connectivity index (χ2v) is 10.8. The van der Waals surface area contributed by atoms with Gasteiger partial charge in [-0.1, -0.05) is 90.5 Å². The third-order valence-corrected chi connectivity index (χ3v) is 8.26. The van der Waals surface area contributed by atoms with Crippen molar-refractivity contribution in [3.05, 3.63) is 136 Å². The molecular formula is C31H22ClN3O2S. The Labute approximate surface area is 230 Å². The zero-order valence-electron chi connectivity index (χ0n) is 20.2. The van der Waals surface area contributed by atoms with Crippen molar-refractivity contribution in [1.29, 1.82) is 0 Å². The summed E-state index contributed by atoms with van der Waals surface area (Å²) in [5.41, 5.74) is 4.73. The number of hydrogen-bond acceptors (Lipinski definition) is 5. The van der Waals surface area contributed by atoms with Gasteiger partial charge in [-0.3, -0.25) is 4.79 Å². The number of halogens is 1. The van der Waals surface area contributed by atoms with E-state index in [0.29, 0.717) is 11.4 Å². The van der Waals surface area contributed by atoms with Crippen LogP contribution in [0, 0.1) is 0 Å². The quantitative estimate of drug-likeness (QED) is 0.267. The molecule has 1 spiro atoms. The smallest absolute Gasteiger partial charge is 0.321 e. The minimum Gasteiger partial charge on any atom is -0.443 e. The molecule has 4 aromatic carbocycles. The van der Waals surface area contributed by atoms with Crippen LogP contribution in [0.1, 0.15) is 29.2 Å². The van der Waals surface area contributed by atoms with Gasteiger partial charge in [-0.2, -0.15) is 5.10 Å². The second kappa shape index (κ2) is 9.08. The highest BCUT2D eigenvalue weighted by molar-refractivity contribution is 8.17. The van der Waals surface area contributed by atoms with Gasteiger partial charge in [0.05, 0.1) is 22.3 Å². The van der Waals surface area contributed by atoms with Crippen LogP contribution in [0.3, 0.4) is 0 Å². The van der Waals surface area contributed by atoms with E-state index in [2.05, 4.69) is 18.2 Å². The summed E-state index contributed by atoms with van der Waals surface area (Å²) in [5.74, 6) is -0.547. The lowest BCUT2D eigenvalue weighted by molar-refractivity contribution is -0.0763. The van der Waals surface area contributed by atoms with Gasteiger partial charge in [0.15, 0.2) is 0 Å². The molecule has 1 fully saturated rings.